The summed E-state index contributed by atoms with van der Waals surface area (Å²) in [4.78, 5) is 11.7. The summed E-state index contributed by atoms with van der Waals surface area (Å²) < 4.78 is 2.26. The smallest absolute Gasteiger partial charge is 0.137 e. The molecule has 8 rings (SSSR count). The first-order valence-corrected chi connectivity index (χ1v) is 13.3. The van der Waals surface area contributed by atoms with Gasteiger partial charge in [0.1, 0.15) is 5.82 Å². The Bertz CT molecular complexity index is 2060. The number of para-hydroxylation sites is 2. The van der Waals surface area contributed by atoms with Crippen molar-refractivity contribution in [1.29, 1.82) is 0 Å². The third-order valence-corrected chi connectivity index (χ3v) is 7.55. The van der Waals surface area contributed by atoms with Crippen LogP contribution in [0.3, 0.4) is 0 Å². The van der Waals surface area contributed by atoms with Crippen LogP contribution < -0.4 is 4.90 Å². The number of benzene rings is 4. The first-order valence-electron chi connectivity index (χ1n) is 13.3. The van der Waals surface area contributed by atoms with Crippen LogP contribution in [-0.2, 0) is 21.1 Å². The molecule has 0 amide bonds. The Hall–Kier alpha value is -4.79. The number of fused-ring (bicyclic) bond motifs is 5. The summed E-state index contributed by atoms with van der Waals surface area (Å²) in [7, 11) is 0. The second kappa shape index (κ2) is 10.3. The Morgan fingerprint density at radius 3 is 2.24 bits per heavy atom. The molecule has 0 radical (unpaired) electrons. The fourth-order valence-corrected chi connectivity index (χ4v) is 5.74. The zero-order chi connectivity index (χ0) is 26.5. The third-order valence-electron chi connectivity index (χ3n) is 7.55. The molecule has 1 aliphatic heterocycles. The van der Waals surface area contributed by atoms with Gasteiger partial charge < -0.3 is 4.90 Å². The minimum Gasteiger partial charge on any atom is -0.351 e. The normalized spacial score (nSPS) is 12.0. The number of anilines is 3. The number of hydrogen-bond donors (Lipinski definition) is 0. The molecular formula is C36H23N4Pt-. The van der Waals surface area contributed by atoms with E-state index < -0.39 is 0 Å². The van der Waals surface area contributed by atoms with Gasteiger partial charge in [-0.3, -0.25) is 9.55 Å². The molecule has 0 saturated carbocycles. The van der Waals surface area contributed by atoms with Gasteiger partial charge in [0.2, 0.25) is 0 Å². The van der Waals surface area contributed by atoms with E-state index in [9.17, 15) is 0 Å². The molecule has 0 N–H and O–H groups in total. The fraction of sp³-hybridized carbons (Fsp3) is 0. The summed E-state index contributed by atoms with van der Waals surface area (Å²) in [6.07, 6.45) is 8.01. The summed E-state index contributed by atoms with van der Waals surface area (Å²) in [5, 5.41) is 2.40. The molecule has 5 heteroatoms. The summed E-state index contributed by atoms with van der Waals surface area (Å²) in [5.41, 5.74) is 9.62. The predicted octanol–water partition coefficient (Wildman–Crippen LogP) is 8.99. The summed E-state index contributed by atoms with van der Waals surface area (Å²) in [6.45, 7) is 0. The van der Waals surface area contributed by atoms with Gasteiger partial charge in [-0.25, -0.2) is 4.98 Å². The second-order valence-electron chi connectivity index (χ2n) is 9.87. The van der Waals surface area contributed by atoms with Crippen LogP contribution in [0.5, 0.6) is 0 Å². The maximum absolute atomic E-state index is 4.72. The molecule has 0 bridgehead atoms. The van der Waals surface area contributed by atoms with Crippen LogP contribution in [0.1, 0.15) is 11.1 Å². The van der Waals surface area contributed by atoms with Gasteiger partial charge >= 0.3 is 0 Å². The van der Waals surface area contributed by atoms with Crippen LogP contribution in [0.25, 0.3) is 51.0 Å². The molecule has 0 unspecified atom stereocenters. The molecule has 0 aliphatic carbocycles. The van der Waals surface area contributed by atoms with Crippen molar-refractivity contribution >= 4 is 51.0 Å². The molecule has 0 atom stereocenters. The maximum atomic E-state index is 4.72. The molecule has 3 aromatic heterocycles. The first kappa shape index (κ1) is 25.2. The molecule has 7 aromatic rings. The summed E-state index contributed by atoms with van der Waals surface area (Å²) >= 11 is 0. The van der Waals surface area contributed by atoms with E-state index >= 15 is 0 Å². The number of nitrogens with zero attached hydrogens (tertiary/aromatic N) is 4. The van der Waals surface area contributed by atoms with E-state index in [1.807, 2.05) is 48.8 Å². The first-order chi connectivity index (χ1) is 19.8. The van der Waals surface area contributed by atoms with Gasteiger partial charge in [0.05, 0.1) is 11.0 Å². The van der Waals surface area contributed by atoms with Crippen molar-refractivity contribution in [2.45, 2.75) is 0 Å². The molecule has 0 spiro atoms. The Labute approximate surface area is 252 Å². The Morgan fingerprint density at radius 1 is 0.610 bits per heavy atom. The summed E-state index contributed by atoms with van der Waals surface area (Å²) in [5.74, 6) is 0.898. The van der Waals surface area contributed by atoms with Crippen molar-refractivity contribution in [2.24, 2.45) is 0 Å². The van der Waals surface area contributed by atoms with Crippen molar-refractivity contribution in [3.63, 3.8) is 0 Å². The molecule has 4 aromatic carbocycles. The standard InChI is InChI=1S/C36H23N4.Pt/c1-3-12-32-25(9-1)15-16-26-17-18-27(31-11-5-7-21-37-31)23-34(26)39(32)28-19-20-30-29-10-2-4-13-33(29)40(35(30)24-28)36-14-6-8-22-38-36;/h1-16,18-24H;/q-1;. The zero-order valence-electron chi connectivity index (χ0n) is 21.9. The summed E-state index contributed by atoms with van der Waals surface area (Å²) in [6, 6.07) is 43.6. The average molecular weight is 707 g/mol. The minimum atomic E-state index is 0. The van der Waals surface area contributed by atoms with E-state index in [1.165, 1.54) is 10.8 Å². The van der Waals surface area contributed by atoms with Crippen LogP contribution in [0.2, 0.25) is 0 Å². The Balaban J connectivity index is 0.00000276. The van der Waals surface area contributed by atoms with E-state index in [2.05, 4.69) is 112 Å². The molecular weight excluding hydrogens is 684 g/mol. The zero-order valence-corrected chi connectivity index (χ0v) is 24.2. The number of aromatic nitrogens is 3. The van der Waals surface area contributed by atoms with Crippen molar-refractivity contribution in [3.8, 4) is 17.1 Å². The van der Waals surface area contributed by atoms with Gasteiger partial charge in [0.15, 0.2) is 0 Å². The van der Waals surface area contributed by atoms with Gasteiger partial charge in [-0.1, -0.05) is 66.2 Å². The molecule has 41 heavy (non-hydrogen) atoms. The average Bonchev–Trinajstić information content (AvgIpc) is 3.25. The maximum Gasteiger partial charge on any atom is 0.137 e. The van der Waals surface area contributed by atoms with Crippen molar-refractivity contribution in [2.75, 3.05) is 4.90 Å². The van der Waals surface area contributed by atoms with Crippen LogP contribution in [0.4, 0.5) is 17.1 Å². The van der Waals surface area contributed by atoms with E-state index in [1.54, 1.807) is 0 Å². The molecule has 198 valence electrons. The number of rotatable bonds is 3. The number of pyridine rings is 2. The van der Waals surface area contributed by atoms with E-state index in [0.717, 1.165) is 56.3 Å². The topological polar surface area (TPSA) is 34.0 Å². The van der Waals surface area contributed by atoms with E-state index in [0.29, 0.717) is 0 Å². The van der Waals surface area contributed by atoms with Crippen molar-refractivity contribution in [3.05, 3.63) is 145 Å². The fourth-order valence-electron chi connectivity index (χ4n) is 5.74. The van der Waals surface area contributed by atoms with Crippen LogP contribution in [0.15, 0.2) is 128 Å². The quantitative estimate of drug-likeness (QED) is 0.172. The van der Waals surface area contributed by atoms with Crippen LogP contribution in [-0.4, -0.2) is 14.5 Å². The largest absolute Gasteiger partial charge is 0.351 e. The van der Waals surface area contributed by atoms with Gasteiger partial charge in [-0.2, -0.15) is 0 Å². The van der Waals surface area contributed by atoms with E-state index in [-0.39, 0.29) is 21.1 Å². The van der Waals surface area contributed by atoms with Gasteiger partial charge in [0, 0.05) is 61.3 Å². The van der Waals surface area contributed by atoms with E-state index in [4.69, 9.17) is 4.98 Å². The van der Waals surface area contributed by atoms with Crippen LogP contribution >= 0.6 is 0 Å². The minimum absolute atomic E-state index is 0. The van der Waals surface area contributed by atoms with Gasteiger partial charge in [-0.05, 0) is 59.8 Å². The van der Waals surface area contributed by atoms with Gasteiger partial charge in [0.25, 0.3) is 0 Å². The van der Waals surface area contributed by atoms with Crippen molar-refractivity contribution < 1.29 is 21.1 Å². The number of hydrogen-bond acceptors (Lipinski definition) is 3. The Morgan fingerprint density at radius 2 is 1.39 bits per heavy atom. The Kier molecular flexibility index (Phi) is 6.34. The van der Waals surface area contributed by atoms with Gasteiger partial charge in [-0.15, -0.1) is 29.8 Å². The molecule has 0 fully saturated rings. The molecule has 1 aliphatic rings. The second-order valence-corrected chi connectivity index (χ2v) is 9.87. The SMILES string of the molecule is [Pt].[c-]1cc(-c2ccccn2)cc2c1C=Cc1ccccc1N2c1ccc2c3ccccc3n(-c3ccccn3)c2c1. The molecule has 4 heterocycles. The predicted molar refractivity (Wildman–Crippen MR) is 164 cm³/mol. The monoisotopic (exact) mass is 706 g/mol. The van der Waals surface area contributed by atoms with Crippen LogP contribution in [0, 0.1) is 6.07 Å². The molecule has 4 nitrogen and oxygen atoms in total. The molecule has 0 saturated heterocycles. The van der Waals surface area contributed by atoms with Crippen molar-refractivity contribution in [1.82, 2.24) is 14.5 Å². The third kappa shape index (κ3) is 4.19.